The highest BCUT2D eigenvalue weighted by atomic mass is 16.5. The summed E-state index contributed by atoms with van der Waals surface area (Å²) in [6.07, 6.45) is 3.82. The minimum Gasteiger partial charge on any atom is -0.372 e. The van der Waals surface area contributed by atoms with E-state index in [0.29, 0.717) is 6.04 Å². The molecule has 0 aromatic heterocycles. The van der Waals surface area contributed by atoms with Crippen molar-refractivity contribution in [1.82, 2.24) is 5.32 Å². The zero-order chi connectivity index (χ0) is 13.2. The topological polar surface area (TPSA) is 21.3 Å². The number of likely N-dealkylation sites (N-methyl/N-ethyl adjacent to an activating group) is 1. The maximum absolute atomic E-state index is 5.98. The molecule has 0 aliphatic carbocycles. The number of hydrogen-bond acceptors (Lipinski definition) is 2. The van der Waals surface area contributed by atoms with Gasteiger partial charge in [-0.2, -0.15) is 0 Å². The molecule has 0 bridgehead atoms. The van der Waals surface area contributed by atoms with Crippen molar-refractivity contribution in [1.29, 1.82) is 0 Å². The molecule has 102 valence electrons. The van der Waals surface area contributed by atoms with Crippen molar-refractivity contribution in [2.45, 2.75) is 52.2 Å². The van der Waals surface area contributed by atoms with E-state index in [1.165, 1.54) is 24.8 Å². The van der Waals surface area contributed by atoms with Crippen LogP contribution in [0.4, 0.5) is 0 Å². The Morgan fingerprint density at radius 3 is 2.39 bits per heavy atom. The van der Waals surface area contributed by atoms with Crippen LogP contribution in [0.3, 0.4) is 0 Å². The van der Waals surface area contributed by atoms with Gasteiger partial charge in [0, 0.05) is 12.6 Å². The highest BCUT2D eigenvalue weighted by Crippen LogP contribution is 2.24. The molecule has 1 N–H and O–H groups in total. The number of rotatable bonds is 9. The van der Waals surface area contributed by atoms with Gasteiger partial charge in [-0.3, -0.25) is 0 Å². The van der Waals surface area contributed by atoms with E-state index in [0.717, 1.165) is 13.2 Å². The van der Waals surface area contributed by atoms with Crippen LogP contribution in [-0.2, 0) is 4.74 Å². The molecule has 2 atom stereocenters. The first-order valence-corrected chi connectivity index (χ1v) is 7.23. The molecule has 18 heavy (non-hydrogen) atoms. The van der Waals surface area contributed by atoms with Crippen LogP contribution in [0.15, 0.2) is 30.3 Å². The van der Waals surface area contributed by atoms with Gasteiger partial charge in [0.1, 0.15) is 0 Å². The minimum atomic E-state index is 0.169. The van der Waals surface area contributed by atoms with Crippen LogP contribution in [0.1, 0.15) is 51.7 Å². The fourth-order valence-corrected chi connectivity index (χ4v) is 2.31. The Labute approximate surface area is 112 Å². The Hall–Kier alpha value is -0.860. The monoisotopic (exact) mass is 249 g/mol. The van der Waals surface area contributed by atoms with E-state index in [-0.39, 0.29) is 6.10 Å². The van der Waals surface area contributed by atoms with Gasteiger partial charge in [0.2, 0.25) is 0 Å². The van der Waals surface area contributed by atoms with Gasteiger partial charge in [-0.1, -0.05) is 57.0 Å². The van der Waals surface area contributed by atoms with Crippen LogP contribution < -0.4 is 5.32 Å². The molecule has 0 amide bonds. The Kier molecular flexibility index (Phi) is 7.70. The molecule has 0 fully saturated rings. The number of ether oxygens (including phenoxy) is 1. The normalized spacial score (nSPS) is 14.4. The summed E-state index contributed by atoms with van der Waals surface area (Å²) in [7, 11) is 0. The molecular formula is C16H27NO. The maximum atomic E-state index is 5.98. The molecule has 0 spiro atoms. The molecule has 0 aliphatic heterocycles. The molecule has 1 rings (SSSR count). The van der Waals surface area contributed by atoms with E-state index < -0.39 is 0 Å². The molecular weight excluding hydrogens is 222 g/mol. The molecule has 0 aliphatic rings. The van der Waals surface area contributed by atoms with E-state index in [1.54, 1.807) is 0 Å². The summed E-state index contributed by atoms with van der Waals surface area (Å²) in [5.41, 5.74) is 1.28. The summed E-state index contributed by atoms with van der Waals surface area (Å²) in [6.45, 7) is 8.21. The van der Waals surface area contributed by atoms with Crippen LogP contribution in [-0.4, -0.2) is 19.2 Å². The quantitative estimate of drug-likeness (QED) is 0.716. The van der Waals surface area contributed by atoms with E-state index in [4.69, 9.17) is 4.74 Å². The van der Waals surface area contributed by atoms with E-state index in [2.05, 4.69) is 56.4 Å². The molecule has 2 unspecified atom stereocenters. The van der Waals surface area contributed by atoms with Crippen molar-refractivity contribution in [2.24, 2.45) is 0 Å². The Morgan fingerprint density at radius 2 is 1.83 bits per heavy atom. The number of benzene rings is 1. The molecule has 1 aromatic rings. The van der Waals surface area contributed by atoms with Gasteiger partial charge >= 0.3 is 0 Å². The van der Waals surface area contributed by atoms with Gasteiger partial charge < -0.3 is 10.1 Å². The predicted octanol–water partition coefficient (Wildman–Crippen LogP) is 3.93. The number of unbranched alkanes of at least 4 members (excludes halogenated alkanes) is 1. The van der Waals surface area contributed by atoms with E-state index in [1.807, 2.05) is 0 Å². The third-order valence-corrected chi connectivity index (χ3v) is 3.17. The molecule has 1 aromatic carbocycles. The minimum absolute atomic E-state index is 0.169. The molecule has 0 saturated carbocycles. The fourth-order valence-electron chi connectivity index (χ4n) is 2.31. The predicted molar refractivity (Wildman–Crippen MR) is 77.8 cm³/mol. The summed E-state index contributed by atoms with van der Waals surface area (Å²) in [4.78, 5) is 0. The Bertz CT molecular complexity index is 299. The van der Waals surface area contributed by atoms with Crippen LogP contribution in [0.5, 0.6) is 0 Å². The van der Waals surface area contributed by atoms with Crippen molar-refractivity contribution in [2.75, 3.05) is 13.2 Å². The second kappa shape index (κ2) is 9.12. The van der Waals surface area contributed by atoms with E-state index in [9.17, 15) is 0 Å². The van der Waals surface area contributed by atoms with Gasteiger partial charge in [0.05, 0.1) is 6.10 Å². The Balaban J connectivity index is 2.78. The standard InChI is InChI=1S/C16H27NO/c1-4-7-13-15(17-5-2)16(18-6-3)14-11-9-8-10-12-14/h8-12,15-17H,4-7,13H2,1-3H3. The van der Waals surface area contributed by atoms with Crippen LogP contribution in [0.25, 0.3) is 0 Å². The largest absolute Gasteiger partial charge is 0.372 e. The van der Waals surface area contributed by atoms with Crippen LogP contribution in [0.2, 0.25) is 0 Å². The molecule has 0 heterocycles. The smallest absolute Gasteiger partial charge is 0.0977 e. The average Bonchev–Trinajstić information content (AvgIpc) is 2.42. The first-order chi connectivity index (χ1) is 8.83. The maximum Gasteiger partial charge on any atom is 0.0977 e. The number of hydrogen-bond donors (Lipinski definition) is 1. The fraction of sp³-hybridized carbons (Fsp3) is 0.625. The molecule has 2 heteroatoms. The molecule has 0 saturated heterocycles. The zero-order valence-electron chi connectivity index (χ0n) is 12.0. The third-order valence-electron chi connectivity index (χ3n) is 3.17. The second-order valence-electron chi connectivity index (χ2n) is 4.59. The lowest BCUT2D eigenvalue weighted by molar-refractivity contribution is 0.0307. The SMILES string of the molecule is CCCCC(NCC)C(OCC)c1ccccc1. The summed E-state index contributed by atoms with van der Waals surface area (Å²) in [5, 5.41) is 3.58. The van der Waals surface area contributed by atoms with Crippen LogP contribution >= 0.6 is 0 Å². The van der Waals surface area contributed by atoms with Gasteiger partial charge in [-0.05, 0) is 25.5 Å². The lowest BCUT2D eigenvalue weighted by Gasteiger charge is -2.28. The van der Waals surface area contributed by atoms with E-state index >= 15 is 0 Å². The molecule has 0 radical (unpaired) electrons. The van der Waals surface area contributed by atoms with Gasteiger partial charge in [-0.25, -0.2) is 0 Å². The van der Waals surface area contributed by atoms with Crippen LogP contribution in [0, 0.1) is 0 Å². The Morgan fingerprint density at radius 1 is 1.11 bits per heavy atom. The lowest BCUT2D eigenvalue weighted by atomic mass is 9.97. The highest BCUT2D eigenvalue weighted by Gasteiger charge is 2.22. The van der Waals surface area contributed by atoms with Crippen molar-refractivity contribution in [3.63, 3.8) is 0 Å². The highest BCUT2D eigenvalue weighted by molar-refractivity contribution is 5.19. The lowest BCUT2D eigenvalue weighted by Crippen LogP contribution is -2.36. The summed E-state index contributed by atoms with van der Waals surface area (Å²) >= 11 is 0. The summed E-state index contributed by atoms with van der Waals surface area (Å²) in [5.74, 6) is 0. The van der Waals surface area contributed by atoms with Crippen molar-refractivity contribution < 1.29 is 4.74 Å². The first-order valence-electron chi connectivity index (χ1n) is 7.23. The van der Waals surface area contributed by atoms with Crippen molar-refractivity contribution in [3.05, 3.63) is 35.9 Å². The summed E-state index contributed by atoms with van der Waals surface area (Å²) in [6, 6.07) is 11.0. The average molecular weight is 249 g/mol. The van der Waals surface area contributed by atoms with Gasteiger partial charge in [0.25, 0.3) is 0 Å². The third kappa shape index (κ3) is 4.79. The van der Waals surface area contributed by atoms with Crippen molar-refractivity contribution in [3.8, 4) is 0 Å². The number of nitrogens with one attached hydrogen (secondary N) is 1. The second-order valence-corrected chi connectivity index (χ2v) is 4.59. The zero-order valence-corrected chi connectivity index (χ0v) is 12.0. The van der Waals surface area contributed by atoms with Gasteiger partial charge in [-0.15, -0.1) is 0 Å². The van der Waals surface area contributed by atoms with Gasteiger partial charge in [0.15, 0.2) is 0 Å². The summed E-state index contributed by atoms with van der Waals surface area (Å²) < 4.78 is 5.98. The molecule has 2 nitrogen and oxygen atoms in total. The van der Waals surface area contributed by atoms with Crippen molar-refractivity contribution >= 4 is 0 Å². The first kappa shape index (κ1) is 15.2.